The summed E-state index contributed by atoms with van der Waals surface area (Å²) in [6.45, 7) is 0. The molecule has 0 fully saturated rings. The topological polar surface area (TPSA) is 57.4 Å². The number of aryl methyl sites for hydroxylation is 4. The Labute approximate surface area is 303 Å². The summed E-state index contributed by atoms with van der Waals surface area (Å²) in [5.74, 6) is 1.90. The first-order chi connectivity index (χ1) is 25.8. The SMILES string of the molecule is c1ccc(-c2nc(-c3cc4ccc3CCCc3ccc(cc3-c3nc5c6ccccc6c6ccccc6c5[nH]3)CCC4)[nH]c2-c2ccccc2)cc1. The lowest BCUT2D eigenvalue weighted by molar-refractivity contribution is 0.801. The fourth-order valence-corrected chi connectivity index (χ4v) is 8.27. The molecule has 0 spiro atoms. The molecule has 4 bridgehead atoms. The smallest absolute Gasteiger partial charge is 0.138 e. The zero-order valence-electron chi connectivity index (χ0n) is 29.0. The molecule has 2 N–H and O–H groups in total. The van der Waals surface area contributed by atoms with E-state index < -0.39 is 0 Å². The number of imidazole rings is 2. The van der Waals surface area contributed by atoms with Gasteiger partial charge < -0.3 is 9.97 Å². The number of fused-ring (bicyclic) bond motifs is 6. The molecule has 4 aliphatic rings. The Morgan fingerprint density at radius 1 is 0.423 bits per heavy atom. The van der Waals surface area contributed by atoms with Crippen molar-refractivity contribution in [2.75, 3.05) is 0 Å². The first kappa shape index (κ1) is 30.6. The Kier molecular flexibility index (Phi) is 7.53. The highest BCUT2D eigenvalue weighted by Crippen LogP contribution is 2.38. The predicted molar refractivity (Wildman–Crippen MR) is 215 cm³/mol. The first-order valence-electron chi connectivity index (χ1n) is 18.5. The molecule has 7 aromatic carbocycles. The highest BCUT2D eigenvalue weighted by molar-refractivity contribution is 6.23. The van der Waals surface area contributed by atoms with Crippen LogP contribution in [-0.4, -0.2) is 19.9 Å². The summed E-state index contributed by atoms with van der Waals surface area (Å²) < 4.78 is 0. The van der Waals surface area contributed by atoms with Gasteiger partial charge in [-0.15, -0.1) is 0 Å². The van der Waals surface area contributed by atoms with Crippen molar-refractivity contribution in [1.29, 1.82) is 0 Å². The third kappa shape index (κ3) is 5.39. The molecule has 2 aromatic heterocycles. The third-order valence-corrected chi connectivity index (χ3v) is 10.9. The van der Waals surface area contributed by atoms with Gasteiger partial charge in [0.1, 0.15) is 11.6 Å². The summed E-state index contributed by atoms with van der Waals surface area (Å²) in [5, 5.41) is 4.91. The third-order valence-electron chi connectivity index (χ3n) is 10.9. The first-order valence-corrected chi connectivity index (χ1v) is 18.5. The summed E-state index contributed by atoms with van der Waals surface area (Å²) >= 11 is 0. The van der Waals surface area contributed by atoms with E-state index in [9.17, 15) is 0 Å². The van der Waals surface area contributed by atoms with Crippen LogP contribution in [0.5, 0.6) is 0 Å². The van der Waals surface area contributed by atoms with Gasteiger partial charge in [0.05, 0.1) is 22.4 Å². The number of aromatic nitrogens is 4. The summed E-state index contributed by atoms with van der Waals surface area (Å²) in [6, 6.07) is 52.6. The van der Waals surface area contributed by atoms with Gasteiger partial charge in [0.15, 0.2) is 0 Å². The van der Waals surface area contributed by atoms with Crippen LogP contribution >= 0.6 is 0 Å². The number of H-pyrrole nitrogens is 2. The molecular formula is C48H38N4. The number of hydrogen-bond donors (Lipinski definition) is 2. The molecule has 0 saturated heterocycles. The second kappa shape index (κ2) is 12.8. The number of nitrogens with zero attached hydrogens (tertiary/aromatic N) is 2. The van der Waals surface area contributed by atoms with E-state index in [1.165, 1.54) is 54.9 Å². The van der Waals surface area contributed by atoms with Crippen molar-refractivity contribution in [3.05, 3.63) is 168 Å². The van der Waals surface area contributed by atoms with Gasteiger partial charge in [0.25, 0.3) is 0 Å². The number of nitrogens with one attached hydrogen (secondary N) is 2. The van der Waals surface area contributed by atoms with E-state index in [2.05, 4.69) is 156 Å². The van der Waals surface area contributed by atoms with E-state index in [-0.39, 0.29) is 0 Å². The van der Waals surface area contributed by atoms with Crippen molar-refractivity contribution in [1.82, 2.24) is 19.9 Å². The lowest BCUT2D eigenvalue weighted by Crippen LogP contribution is -2.01. The lowest BCUT2D eigenvalue weighted by Gasteiger charge is -2.15. The van der Waals surface area contributed by atoms with Gasteiger partial charge in [-0.2, -0.15) is 0 Å². The van der Waals surface area contributed by atoms with Crippen LogP contribution in [0.2, 0.25) is 0 Å². The van der Waals surface area contributed by atoms with Crippen molar-refractivity contribution in [2.45, 2.75) is 38.5 Å². The molecule has 0 atom stereocenters. The molecule has 0 aliphatic heterocycles. The lowest BCUT2D eigenvalue weighted by atomic mass is 9.92. The molecule has 4 nitrogen and oxygen atoms in total. The van der Waals surface area contributed by atoms with Crippen molar-refractivity contribution < 1.29 is 0 Å². The van der Waals surface area contributed by atoms with Crippen LogP contribution < -0.4 is 0 Å². The average Bonchev–Trinajstić information content (AvgIpc) is 3.86. The van der Waals surface area contributed by atoms with Crippen molar-refractivity contribution >= 4 is 32.6 Å². The van der Waals surface area contributed by atoms with Gasteiger partial charge in [-0.3, -0.25) is 0 Å². The minimum atomic E-state index is 0.937. The molecule has 250 valence electrons. The van der Waals surface area contributed by atoms with E-state index in [1.54, 1.807) is 0 Å². The summed E-state index contributed by atoms with van der Waals surface area (Å²) in [5.41, 5.74) is 14.3. The van der Waals surface area contributed by atoms with Gasteiger partial charge in [0, 0.05) is 33.0 Å². The molecule has 2 heterocycles. The van der Waals surface area contributed by atoms with Gasteiger partial charge >= 0.3 is 0 Å². The van der Waals surface area contributed by atoms with Gasteiger partial charge in [-0.1, -0.05) is 133 Å². The van der Waals surface area contributed by atoms with Crippen LogP contribution in [0, 0.1) is 0 Å². The van der Waals surface area contributed by atoms with Crippen LogP contribution in [0.4, 0.5) is 0 Å². The summed E-state index contributed by atoms with van der Waals surface area (Å²) in [4.78, 5) is 18.3. The van der Waals surface area contributed by atoms with Crippen molar-refractivity contribution in [3.63, 3.8) is 0 Å². The van der Waals surface area contributed by atoms with Crippen LogP contribution in [0.15, 0.2) is 146 Å². The van der Waals surface area contributed by atoms with E-state index >= 15 is 0 Å². The quantitative estimate of drug-likeness (QED) is 0.183. The van der Waals surface area contributed by atoms with Crippen LogP contribution in [-0.2, 0) is 25.7 Å². The molecule has 0 unspecified atom stereocenters. The van der Waals surface area contributed by atoms with Gasteiger partial charge in [-0.25, -0.2) is 9.97 Å². The largest absolute Gasteiger partial charge is 0.337 e. The second-order valence-corrected chi connectivity index (χ2v) is 14.1. The van der Waals surface area contributed by atoms with E-state index in [0.29, 0.717) is 0 Å². The minimum Gasteiger partial charge on any atom is -0.337 e. The highest BCUT2D eigenvalue weighted by atomic mass is 14.9. The van der Waals surface area contributed by atoms with E-state index in [4.69, 9.17) is 9.97 Å². The Bertz CT molecular complexity index is 2610. The fraction of sp³-hybridized carbons (Fsp3) is 0.125. The van der Waals surface area contributed by atoms with Crippen molar-refractivity contribution in [3.8, 4) is 45.3 Å². The molecule has 4 heteroatoms. The van der Waals surface area contributed by atoms with E-state index in [1.807, 2.05) is 0 Å². The molecule has 0 saturated carbocycles. The molecule has 9 aromatic rings. The molecule has 0 radical (unpaired) electrons. The zero-order chi connectivity index (χ0) is 34.4. The molecule has 13 rings (SSSR count). The predicted octanol–water partition coefficient (Wildman–Crippen LogP) is 11.9. The number of benzene rings is 7. The Hall–Kier alpha value is -6.26. The molecule has 4 aliphatic carbocycles. The number of aromatic amines is 2. The van der Waals surface area contributed by atoms with E-state index in [0.717, 1.165) is 83.7 Å². The van der Waals surface area contributed by atoms with Crippen molar-refractivity contribution in [2.24, 2.45) is 0 Å². The maximum absolute atomic E-state index is 5.35. The maximum Gasteiger partial charge on any atom is 0.138 e. The number of rotatable bonds is 4. The maximum atomic E-state index is 5.35. The normalized spacial score (nSPS) is 13.3. The van der Waals surface area contributed by atoms with Gasteiger partial charge in [0.2, 0.25) is 0 Å². The highest BCUT2D eigenvalue weighted by Gasteiger charge is 2.20. The fourth-order valence-electron chi connectivity index (χ4n) is 8.27. The summed E-state index contributed by atoms with van der Waals surface area (Å²) in [7, 11) is 0. The van der Waals surface area contributed by atoms with Gasteiger partial charge in [-0.05, 0) is 83.7 Å². The average molecular weight is 671 g/mol. The van der Waals surface area contributed by atoms with Crippen LogP contribution in [0.3, 0.4) is 0 Å². The Morgan fingerprint density at radius 3 is 1.60 bits per heavy atom. The monoisotopic (exact) mass is 670 g/mol. The van der Waals surface area contributed by atoms with Crippen LogP contribution in [0.25, 0.3) is 77.9 Å². The van der Waals surface area contributed by atoms with Crippen LogP contribution in [0.1, 0.15) is 35.1 Å². The molecule has 0 amide bonds. The standard InChI is InChI=1S/C48H38N4/c1-3-15-35(16-4-1)43-44(36-17-5-2-6-18-36)50-47(49-43)41-29-31-13-11-14-32-26-28-34(20-12-19-33(41)27-25-31)42(30-32)48-51-45-39-23-9-7-21-37(39)38-22-8-10-24-40(38)46(45)52-48/h1-10,15-18,21-30H,11-14,19-20H2,(H,49,50)(H,51,52). The number of hydrogen-bond acceptors (Lipinski definition) is 2. The Balaban J connectivity index is 1.04. The second-order valence-electron chi connectivity index (χ2n) is 14.1. The molecule has 52 heavy (non-hydrogen) atoms. The summed E-state index contributed by atoms with van der Waals surface area (Å²) in [6.07, 6.45) is 6.00. The Morgan fingerprint density at radius 2 is 0.942 bits per heavy atom. The molecular weight excluding hydrogens is 633 g/mol. The minimum absolute atomic E-state index is 0.937. The zero-order valence-corrected chi connectivity index (χ0v) is 29.0.